The van der Waals surface area contributed by atoms with Crippen molar-refractivity contribution in [2.75, 3.05) is 11.9 Å². The molecule has 0 aromatic carbocycles. The minimum Gasteiger partial charge on any atom is -0.389 e. The van der Waals surface area contributed by atoms with Crippen LogP contribution in [0.15, 0.2) is 6.07 Å². The van der Waals surface area contributed by atoms with Gasteiger partial charge in [-0.3, -0.25) is 0 Å². The molecule has 18 heavy (non-hydrogen) atoms. The van der Waals surface area contributed by atoms with Crippen molar-refractivity contribution in [1.82, 2.24) is 4.98 Å². The van der Waals surface area contributed by atoms with Gasteiger partial charge in [0.2, 0.25) is 0 Å². The van der Waals surface area contributed by atoms with Crippen LogP contribution >= 0.6 is 12.2 Å². The average Bonchev–Trinajstić information content (AvgIpc) is 2.70. The Bertz CT molecular complexity index is 485. The third-order valence-electron chi connectivity index (χ3n) is 2.77. The van der Waals surface area contributed by atoms with Crippen molar-refractivity contribution in [3.05, 3.63) is 22.9 Å². The Hall–Kier alpha value is -1.37. The number of nitrogens with zero attached hydrogens (tertiary/aromatic N) is 1. The van der Waals surface area contributed by atoms with Crippen LogP contribution in [-0.4, -0.2) is 22.7 Å². The van der Waals surface area contributed by atoms with Gasteiger partial charge in [0.1, 0.15) is 17.4 Å². The van der Waals surface area contributed by atoms with E-state index in [1.54, 1.807) is 6.07 Å². The molecule has 0 unspecified atom stereocenters. The number of fused-ring (bicyclic) bond motifs is 1. The second-order valence-corrected chi connectivity index (χ2v) is 4.62. The Morgan fingerprint density at radius 2 is 2.17 bits per heavy atom. The normalized spacial score (nSPS) is 14.4. The van der Waals surface area contributed by atoms with Crippen molar-refractivity contribution >= 4 is 23.0 Å². The first-order valence-corrected chi connectivity index (χ1v) is 5.91. The van der Waals surface area contributed by atoms with Crippen LogP contribution in [0.1, 0.15) is 23.2 Å². The van der Waals surface area contributed by atoms with Crippen LogP contribution in [0.5, 0.6) is 0 Å². The molecule has 0 aliphatic heterocycles. The molecule has 0 fully saturated rings. The molecule has 1 aliphatic carbocycles. The molecule has 3 nitrogen and oxygen atoms in total. The SMILES string of the molecule is NC(=S)c1cc2c(nc1NCC(F)(F)F)CCC2. The number of aromatic nitrogens is 1. The number of nitrogens with one attached hydrogen (secondary N) is 1. The highest BCUT2D eigenvalue weighted by atomic mass is 32.1. The van der Waals surface area contributed by atoms with Crippen molar-refractivity contribution < 1.29 is 13.2 Å². The van der Waals surface area contributed by atoms with E-state index in [0.29, 0.717) is 5.56 Å². The van der Waals surface area contributed by atoms with Crippen molar-refractivity contribution in [3.63, 3.8) is 0 Å². The lowest BCUT2D eigenvalue weighted by molar-refractivity contribution is -0.115. The molecule has 1 aromatic heterocycles. The monoisotopic (exact) mass is 275 g/mol. The van der Waals surface area contributed by atoms with Gasteiger partial charge in [-0.25, -0.2) is 4.98 Å². The number of alkyl halides is 3. The van der Waals surface area contributed by atoms with Crippen LogP contribution in [0.4, 0.5) is 19.0 Å². The third kappa shape index (κ3) is 2.90. The highest BCUT2D eigenvalue weighted by Gasteiger charge is 2.28. The maximum atomic E-state index is 12.2. The van der Waals surface area contributed by atoms with E-state index in [2.05, 4.69) is 10.3 Å². The standard InChI is InChI=1S/C11H12F3N3S/c12-11(13,14)5-16-10-7(9(15)18)4-6-2-1-3-8(6)17-10/h4H,1-3,5H2,(H2,15,18)(H,16,17). The number of thiocarbonyl (C=S) groups is 1. The number of nitrogens with two attached hydrogens (primary N) is 1. The topological polar surface area (TPSA) is 50.9 Å². The average molecular weight is 275 g/mol. The summed E-state index contributed by atoms with van der Waals surface area (Å²) >= 11 is 4.84. The zero-order valence-electron chi connectivity index (χ0n) is 9.47. The van der Waals surface area contributed by atoms with E-state index in [9.17, 15) is 13.2 Å². The lowest BCUT2D eigenvalue weighted by Gasteiger charge is -2.14. The summed E-state index contributed by atoms with van der Waals surface area (Å²) in [7, 11) is 0. The van der Waals surface area contributed by atoms with Gasteiger partial charge in [0.25, 0.3) is 0 Å². The van der Waals surface area contributed by atoms with E-state index in [1.807, 2.05) is 0 Å². The first-order valence-electron chi connectivity index (χ1n) is 5.50. The summed E-state index contributed by atoms with van der Waals surface area (Å²) in [6.45, 7) is -1.14. The van der Waals surface area contributed by atoms with Crippen LogP contribution in [-0.2, 0) is 12.8 Å². The van der Waals surface area contributed by atoms with E-state index >= 15 is 0 Å². The minimum absolute atomic E-state index is 0.0573. The van der Waals surface area contributed by atoms with E-state index in [1.165, 1.54) is 0 Å². The van der Waals surface area contributed by atoms with Gasteiger partial charge in [0.15, 0.2) is 0 Å². The maximum Gasteiger partial charge on any atom is 0.405 e. The van der Waals surface area contributed by atoms with Crippen LogP contribution in [0.2, 0.25) is 0 Å². The van der Waals surface area contributed by atoms with Gasteiger partial charge in [-0.1, -0.05) is 12.2 Å². The Morgan fingerprint density at radius 3 is 2.78 bits per heavy atom. The number of aryl methyl sites for hydroxylation is 2. The maximum absolute atomic E-state index is 12.2. The molecule has 3 N–H and O–H groups in total. The molecule has 0 amide bonds. The quantitative estimate of drug-likeness (QED) is 0.830. The van der Waals surface area contributed by atoms with Gasteiger partial charge in [-0.15, -0.1) is 0 Å². The van der Waals surface area contributed by atoms with Crippen LogP contribution in [0.3, 0.4) is 0 Å². The molecule has 1 heterocycles. The summed E-state index contributed by atoms with van der Waals surface area (Å²) in [5.41, 5.74) is 7.76. The molecule has 0 radical (unpaired) electrons. The summed E-state index contributed by atoms with van der Waals surface area (Å²) in [4.78, 5) is 4.26. The fourth-order valence-electron chi connectivity index (χ4n) is 1.98. The molecule has 0 atom stereocenters. The van der Waals surface area contributed by atoms with Gasteiger partial charge >= 0.3 is 6.18 Å². The van der Waals surface area contributed by atoms with Gasteiger partial charge in [0.05, 0.1) is 5.56 Å². The first-order chi connectivity index (χ1) is 8.37. The molecule has 2 rings (SSSR count). The largest absolute Gasteiger partial charge is 0.405 e. The van der Waals surface area contributed by atoms with Crippen LogP contribution < -0.4 is 11.1 Å². The first kappa shape index (κ1) is 13.1. The fourth-order valence-corrected chi connectivity index (χ4v) is 2.13. The van der Waals surface area contributed by atoms with E-state index in [0.717, 1.165) is 30.5 Å². The highest BCUT2D eigenvalue weighted by molar-refractivity contribution is 7.80. The predicted octanol–water partition coefficient (Wildman–Crippen LogP) is 2.18. The summed E-state index contributed by atoms with van der Waals surface area (Å²) in [5.74, 6) is 0.125. The molecule has 0 saturated heterocycles. The number of hydrogen-bond acceptors (Lipinski definition) is 3. The Morgan fingerprint density at radius 1 is 1.44 bits per heavy atom. The van der Waals surface area contributed by atoms with Gasteiger partial charge < -0.3 is 11.1 Å². The third-order valence-corrected chi connectivity index (χ3v) is 2.99. The lowest BCUT2D eigenvalue weighted by Crippen LogP contribution is -2.24. The van der Waals surface area contributed by atoms with Crippen LogP contribution in [0, 0.1) is 0 Å². The van der Waals surface area contributed by atoms with E-state index < -0.39 is 12.7 Å². The highest BCUT2D eigenvalue weighted by Crippen LogP contribution is 2.26. The van der Waals surface area contributed by atoms with Crippen molar-refractivity contribution in [1.29, 1.82) is 0 Å². The van der Waals surface area contributed by atoms with E-state index in [-0.39, 0.29) is 10.8 Å². The second-order valence-electron chi connectivity index (χ2n) is 4.18. The molecule has 98 valence electrons. The number of hydrogen-bond donors (Lipinski definition) is 2. The zero-order valence-corrected chi connectivity index (χ0v) is 10.3. The zero-order chi connectivity index (χ0) is 13.3. The predicted molar refractivity (Wildman–Crippen MR) is 66.7 cm³/mol. The fraction of sp³-hybridized carbons (Fsp3) is 0.455. The number of rotatable bonds is 3. The van der Waals surface area contributed by atoms with Gasteiger partial charge in [0, 0.05) is 5.69 Å². The Balaban J connectivity index is 2.30. The molecule has 0 bridgehead atoms. The molecule has 0 spiro atoms. The molecular formula is C11H12F3N3S. The lowest BCUT2D eigenvalue weighted by atomic mass is 10.1. The molecule has 7 heteroatoms. The smallest absolute Gasteiger partial charge is 0.389 e. The van der Waals surface area contributed by atoms with Crippen LogP contribution in [0.25, 0.3) is 0 Å². The molecular weight excluding hydrogens is 263 g/mol. The summed E-state index contributed by atoms with van der Waals surface area (Å²) in [5, 5.41) is 2.26. The molecule has 0 saturated carbocycles. The number of pyridine rings is 1. The summed E-state index contributed by atoms with van der Waals surface area (Å²) in [6.07, 6.45) is -1.68. The summed E-state index contributed by atoms with van der Waals surface area (Å²) in [6, 6.07) is 1.75. The van der Waals surface area contributed by atoms with Crippen molar-refractivity contribution in [3.8, 4) is 0 Å². The Labute approximate surface area is 108 Å². The Kier molecular flexibility index (Phi) is 3.43. The minimum atomic E-state index is -4.30. The number of halogens is 3. The van der Waals surface area contributed by atoms with E-state index in [4.69, 9.17) is 18.0 Å². The van der Waals surface area contributed by atoms with Crippen molar-refractivity contribution in [2.45, 2.75) is 25.4 Å². The summed E-state index contributed by atoms with van der Waals surface area (Å²) < 4.78 is 36.6. The second kappa shape index (κ2) is 4.72. The van der Waals surface area contributed by atoms with Crippen molar-refractivity contribution in [2.24, 2.45) is 5.73 Å². The number of anilines is 1. The van der Waals surface area contributed by atoms with Gasteiger partial charge in [-0.2, -0.15) is 13.2 Å². The molecule has 1 aliphatic rings. The molecule has 1 aromatic rings. The van der Waals surface area contributed by atoms with Gasteiger partial charge in [-0.05, 0) is 30.9 Å².